The second-order valence-electron chi connectivity index (χ2n) is 9.21. The Morgan fingerprint density at radius 1 is 1.24 bits per heavy atom. The fourth-order valence-corrected chi connectivity index (χ4v) is 5.07. The Morgan fingerprint density at radius 2 is 2.03 bits per heavy atom. The molecule has 2 aliphatic heterocycles. The van der Waals surface area contributed by atoms with E-state index in [0.29, 0.717) is 31.4 Å². The summed E-state index contributed by atoms with van der Waals surface area (Å²) in [6.45, 7) is 7.71. The molecule has 0 radical (unpaired) electrons. The Hall–Kier alpha value is -2.13. The number of aliphatic hydroxyl groups is 1. The highest BCUT2D eigenvalue weighted by atomic mass is 35.5. The molecule has 5 rings (SSSR count). The van der Waals surface area contributed by atoms with Gasteiger partial charge in [-0.15, -0.1) is 0 Å². The molecule has 182 valence electrons. The fourth-order valence-electron chi connectivity index (χ4n) is 4.90. The maximum absolute atomic E-state index is 10.8. The molecule has 0 amide bonds. The summed E-state index contributed by atoms with van der Waals surface area (Å²) < 4.78 is 23.0. The zero-order chi connectivity index (χ0) is 23.9. The van der Waals surface area contributed by atoms with E-state index in [1.165, 1.54) is 5.56 Å². The number of aliphatic hydroxyl groups excluding tert-OH is 1. The summed E-state index contributed by atoms with van der Waals surface area (Å²) in [4.78, 5) is 5.55. The Kier molecular flexibility index (Phi) is 6.59. The van der Waals surface area contributed by atoms with Crippen LogP contribution in [0.5, 0.6) is 5.75 Å². The summed E-state index contributed by atoms with van der Waals surface area (Å²) in [7, 11) is 0. The summed E-state index contributed by atoms with van der Waals surface area (Å²) in [5.74, 6) is 0.194. The lowest BCUT2D eigenvalue weighted by Crippen LogP contribution is -2.44. The Balaban J connectivity index is 1.42. The molecule has 1 unspecified atom stereocenters. The summed E-state index contributed by atoms with van der Waals surface area (Å²) in [6.07, 6.45) is -0.306. The zero-order valence-corrected chi connectivity index (χ0v) is 20.5. The van der Waals surface area contributed by atoms with Gasteiger partial charge in [-0.1, -0.05) is 23.7 Å². The van der Waals surface area contributed by atoms with Gasteiger partial charge in [0.1, 0.15) is 18.5 Å². The molecular weight excluding hydrogens is 456 g/mol. The molecule has 1 aromatic heterocycles. The summed E-state index contributed by atoms with van der Waals surface area (Å²) in [5.41, 5.74) is 4.35. The van der Waals surface area contributed by atoms with E-state index in [2.05, 4.69) is 4.98 Å². The third-order valence-corrected chi connectivity index (χ3v) is 6.66. The Bertz CT molecular complexity index is 1150. The normalized spacial score (nSPS) is 23.2. The van der Waals surface area contributed by atoms with Crippen LogP contribution >= 0.6 is 11.6 Å². The number of aromatic nitrogens is 1. The molecule has 2 aromatic carbocycles. The van der Waals surface area contributed by atoms with Gasteiger partial charge in [0.15, 0.2) is 5.79 Å². The number of halogens is 1. The van der Waals surface area contributed by atoms with Crippen molar-refractivity contribution in [3.63, 3.8) is 0 Å². The van der Waals surface area contributed by atoms with E-state index >= 15 is 0 Å². The molecule has 1 saturated heterocycles. The molecule has 0 bridgehead atoms. The molecule has 3 atom stereocenters. The zero-order valence-electron chi connectivity index (χ0n) is 19.7. The number of aromatic amines is 1. The average Bonchev–Trinajstić information content (AvgIpc) is 3.36. The van der Waals surface area contributed by atoms with Crippen LogP contribution in [0.15, 0.2) is 42.5 Å². The molecule has 2 N–H and O–H groups in total. The van der Waals surface area contributed by atoms with Crippen molar-refractivity contribution in [1.82, 2.24) is 9.88 Å². The van der Waals surface area contributed by atoms with E-state index in [-0.39, 0.29) is 12.1 Å². The van der Waals surface area contributed by atoms with Crippen LogP contribution in [0.4, 0.5) is 0 Å². The number of nitrogens with zero attached hydrogens (tertiary/aromatic N) is 1. The maximum Gasteiger partial charge on any atom is 0.216 e. The van der Waals surface area contributed by atoms with Crippen LogP contribution in [-0.2, 0) is 20.6 Å². The number of H-pyrrole nitrogens is 1. The van der Waals surface area contributed by atoms with Crippen molar-refractivity contribution in [3.8, 4) is 5.75 Å². The van der Waals surface area contributed by atoms with Gasteiger partial charge in [-0.3, -0.25) is 0 Å². The first kappa shape index (κ1) is 23.6. The minimum atomic E-state index is -1.00. The van der Waals surface area contributed by atoms with Crippen molar-refractivity contribution in [2.24, 2.45) is 0 Å². The van der Waals surface area contributed by atoms with Gasteiger partial charge in [-0.05, 0) is 68.7 Å². The summed E-state index contributed by atoms with van der Waals surface area (Å²) in [5, 5.41) is 12.6. The lowest BCUT2D eigenvalue weighted by Gasteiger charge is -2.38. The first-order valence-electron chi connectivity index (χ1n) is 11.7. The van der Waals surface area contributed by atoms with E-state index in [9.17, 15) is 5.11 Å². The van der Waals surface area contributed by atoms with Crippen molar-refractivity contribution < 1.29 is 24.1 Å². The van der Waals surface area contributed by atoms with Crippen molar-refractivity contribution in [1.29, 1.82) is 0 Å². The van der Waals surface area contributed by atoms with Crippen LogP contribution in [0.2, 0.25) is 5.02 Å². The van der Waals surface area contributed by atoms with Gasteiger partial charge >= 0.3 is 0 Å². The van der Waals surface area contributed by atoms with E-state index in [1.54, 1.807) is 0 Å². The van der Waals surface area contributed by atoms with Crippen molar-refractivity contribution in [2.75, 3.05) is 26.4 Å². The standard InChI is InChI=1S/C26H31ClN2O5/c1-4-31-25(30)29-12-11-20-21-13-17(27)7-10-22(21)28-23(20)24(29)16-5-8-18(9-6-16)32-14-19-15-33-26(2,3)34-19/h5-10,13,19,24-25,28,30H,4,11-12,14-15H2,1-3H3/t19-,24-,25?/m0/s1. The van der Waals surface area contributed by atoms with Crippen LogP contribution in [0.25, 0.3) is 10.9 Å². The highest BCUT2D eigenvalue weighted by Crippen LogP contribution is 2.40. The number of hydrogen-bond donors (Lipinski definition) is 2. The Labute approximate surface area is 204 Å². The number of hydrogen-bond acceptors (Lipinski definition) is 6. The third-order valence-electron chi connectivity index (χ3n) is 6.42. The van der Waals surface area contributed by atoms with Gasteiger partial charge < -0.3 is 29.0 Å². The maximum atomic E-state index is 10.8. The highest BCUT2D eigenvalue weighted by Gasteiger charge is 2.36. The van der Waals surface area contributed by atoms with E-state index in [1.807, 2.05) is 68.1 Å². The molecule has 1 fully saturated rings. The van der Waals surface area contributed by atoms with Gasteiger partial charge in [0.25, 0.3) is 0 Å². The number of nitrogens with one attached hydrogen (secondary N) is 1. The number of rotatable bonds is 7. The molecule has 3 heterocycles. The van der Waals surface area contributed by atoms with Crippen LogP contribution in [0.1, 0.15) is 43.6 Å². The molecule has 34 heavy (non-hydrogen) atoms. The van der Waals surface area contributed by atoms with Crippen LogP contribution in [0, 0.1) is 0 Å². The van der Waals surface area contributed by atoms with E-state index in [0.717, 1.165) is 34.3 Å². The van der Waals surface area contributed by atoms with Gasteiger partial charge in [0.05, 0.1) is 12.6 Å². The monoisotopic (exact) mass is 486 g/mol. The average molecular weight is 487 g/mol. The largest absolute Gasteiger partial charge is 0.491 e. The minimum Gasteiger partial charge on any atom is -0.491 e. The summed E-state index contributed by atoms with van der Waals surface area (Å²) in [6, 6.07) is 13.7. The van der Waals surface area contributed by atoms with Crippen molar-refractivity contribution in [2.45, 2.75) is 51.5 Å². The minimum absolute atomic E-state index is 0.0921. The number of ether oxygens (including phenoxy) is 4. The molecular formula is C26H31ClN2O5. The van der Waals surface area contributed by atoms with Gasteiger partial charge in [0, 0.05) is 34.8 Å². The quantitative estimate of drug-likeness (QED) is 0.475. The number of fused-ring (bicyclic) bond motifs is 3. The van der Waals surface area contributed by atoms with Crippen LogP contribution < -0.4 is 4.74 Å². The third kappa shape index (κ3) is 4.69. The lowest BCUT2D eigenvalue weighted by molar-refractivity contribution is -0.202. The predicted molar refractivity (Wildman–Crippen MR) is 130 cm³/mol. The molecule has 3 aromatic rings. The smallest absolute Gasteiger partial charge is 0.216 e. The van der Waals surface area contributed by atoms with Crippen LogP contribution in [-0.4, -0.2) is 59.7 Å². The van der Waals surface area contributed by atoms with Crippen LogP contribution in [0.3, 0.4) is 0 Å². The van der Waals surface area contributed by atoms with E-state index in [4.69, 9.17) is 30.5 Å². The molecule has 0 spiro atoms. The summed E-state index contributed by atoms with van der Waals surface area (Å²) >= 11 is 6.29. The highest BCUT2D eigenvalue weighted by molar-refractivity contribution is 6.31. The van der Waals surface area contributed by atoms with Gasteiger partial charge in [-0.25, -0.2) is 4.90 Å². The molecule has 0 aliphatic carbocycles. The molecule has 2 aliphatic rings. The van der Waals surface area contributed by atoms with Gasteiger partial charge in [-0.2, -0.15) is 0 Å². The molecule has 0 saturated carbocycles. The first-order valence-corrected chi connectivity index (χ1v) is 12.1. The van der Waals surface area contributed by atoms with Gasteiger partial charge in [0.2, 0.25) is 6.41 Å². The van der Waals surface area contributed by atoms with Crippen molar-refractivity contribution in [3.05, 3.63) is 64.3 Å². The SMILES string of the molecule is CCOC(O)N1CCc2c([nH]c3ccc(Cl)cc23)[C@@H]1c1ccc(OC[C@H]2COC(C)(C)O2)cc1. The molecule has 8 heteroatoms. The lowest BCUT2D eigenvalue weighted by atomic mass is 9.92. The number of benzene rings is 2. The second kappa shape index (κ2) is 9.49. The Morgan fingerprint density at radius 3 is 2.74 bits per heavy atom. The fraction of sp³-hybridized carbons (Fsp3) is 0.462. The first-order chi connectivity index (χ1) is 16.3. The van der Waals surface area contributed by atoms with Crippen molar-refractivity contribution >= 4 is 22.5 Å². The molecule has 7 nitrogen and oxygen atoms in total. The topological polar surface area (TPSA) is 76.2 Å². The second-order valence-corrected chi connectivity index (χ2v) is 9.65. The predicted octanol–water partition coefficient (Wildman–Crippen LogP) is 4.61. The van der Waals surface area contributed by atoms with E-state index < -0.39 is 12.2 Å².